The molecule has 0 atom stereocenters. The van der Waals surface area contributed by atoms with Crippen molar-refractivity contribution in [3.8, 4) is 11.5 Å². The molecule has 0 aliphatic rings. The largest absolute Gasteiger partial charge is 0.493 e. The standard InChI is InChI=1S/C17H20ClNO2/c1-12-6-4-5-7-13(12)11-21-17-9-15(18)14(10-19-2)8-16(17)20-3/h4-9,19H,10-11H2,1-3H3. The molecule has 2 aromatic carbocycles. The summed E-state index contributed by atoms with van der Waals surface area (Å²) < 4.78 is 11.3. The second kappa shape index (κ2) is 7.34. The molecule has 0 bridgehead atoms. The van der Waals surface area contributed by atoms with Gasteiger partial charge >= 0.3 is 0 Å². The van der Waals surface area contributed by atoms with Gasteiger partial charge in [-0.1, -0.05) is 35.9 Å². The minimum atomic E-state index is 0.491. The van der Waals surface area contributed by atoms with Gasteiger partial charge in [0.25, 0.3) is 0 Å². The van der Waals surface area contributed by atoms with Gasteiger partial charge in [-0.15, -0.1) is 0 Å². The molecule has 4 heteroatoms. The average Bonchev–Trinajstić information content (AvgIpc) is 2.49. The van der Waals surface area contributed by atoms with Crippen LogP contribution in [0.4, 0.5) is 0 Å². The first kappa shape index (κ1) is 15.7. The van der Waals surface area contributed by atoms with Gasteiger partial charge in [-0.2, -0.15) is 0 Å². The summed E-state index contributed by atoms with van der Waals surface area (Å²) in [5.74, 6) is 1.35. The first-order valence-corrected chi connectivity index (χ1v) is 7.21. The summed E-state index contributed by atoms with van der Waals surface area (Å²) in [5.41, 5.74) is 3.34. The van der Waals surface area contributed by atoms with E-state index >= 15 is 0 Å². The monoisotopic (exact) mass is 305 g/mol. The lowest BCUT2D eigenvalue weighted by atomic mass is 10.1. The predicted octanol–water partition coefficient (Wildman–Crippen LogP) is 3.96. The predicted molar refractivity (Wildman–Crippen MR) is 86.3 cm³/mol. The van der Waals surface area contributed by atoms with Gasteiger partial charge in [-0.3, -0.25) is 0 Å². The number of methoxy groups -OCH3 is 1. The Labute approximate surface area is 130 Å². The number of hydrogen-bond acceptors (Lipinski definition) is 3. The van der Waals surface area contributed by atoms with Gasteiger partial charge in [0.05, 0.1) is 7.11 Å². The fourth-order valence-corrected chi connectivity index (χ4v) is 2.32. The SMILES string of the molecule is CNCc1cc(OC)c(OCc2ccccc2C)cc1Cl. The zero-order valence-electron chi connectivity index (χ0n) is 12.6. The van der Waals surface area contributed by atoms with Gasteiger partial charge in [-0.25, -0.2) is 0 Å². The van der Waals surface area contributed by atoms with Crippen molar-refractivity contribution in [1.29, 1.82) is 0 Å². The summed E-state index contributed by atoms with van der Waals surface area (Å²) in [6, 6.07) is 11.9. The van der Waals surface area contributed by atoms with E-state index < -0.39 is 0 Å². The zero-order valence-corrected chi connectivity index (χ0v) is 13.3. The summed E-state index contributed by atoms with van der Waals surface area (Å²) in [4.78, 5) is 0. The van der Waals surface area contributed by atoms with Crippen LogP contribution in [0.15, 0.2) is 36.4 Å². The number of nitrogens with one attached hydrogen (secondary N) is 1. The van der Waals surface area contributed by atoms with E-state index in [1.54, 1.807) is 7.11 Å². The number of hydrogen-bond donors (Lipinski definition) is 1. The molecule has 2 rings (SSSR count). The molecule has 3 nitrogen and oxygen atoms in total. The maximum absolute atomic E-state index is 6.27. The molecule has 2 aromatic rings. The molecule has 0 aliphatic carbocycles. The smallest absolute Gasteiger partial charge is 0.163 e. The number of aryl methyl sites for hydroxylation is 1. The lowest BCUT2D eigenvalue weighted by Crippen LogP contribution is -2.06. The molecule has 0 spiro atoms. The number of halogens is 1. The molecular weight excluding hydrogens is 286 g/mol. The van der Waals surface area contributed by atoms with E-state index in [1.807, 2.05) is 31.3 Å². The fraction of sp³-hybridized carbons (Fsp3) is 0.294. The highest BCUT2D eigenvalue weighted by Gasteiger charge is 2.11. The molecule has 0 amide bonds. The molecular formula is C17H20ClNO2. The Balaban J connectivity index is 2.19. The Morgan fingerprint density at radius 3 is 2.52 bits per heavy atom. The maximum atomic E-state index is 6.27. The molecule has 1 N–H and O–H groups in total. The van der Waals surface area contributed by atoms with E-state index in [2.05, 4.69) is 24.4 Å². The van der Waals surface area contributed by atoms with E-state index in [1.165, 1.54) is 5.56 Å². The highest BCUT2D eigenvalue weighted by molar-refractivity contribution is 6.31. The van der Waals surface area contributed by atoms with Crippen LogP contribution in [-0.2, 0) is 13.2 Å². The summed E-state index contributed by atoms with van der Waals surface area (Å²) in [6.07, 6.45) is 0. The molecule has 21 heavy (non-hydrogen) atoms. The van der Waals surface area contributed by atoms with Crippen LogP contribution in [0.1, 0.15) is 16.7 Å². The lowest BCUT2D eigenvalue weighted by molar-refractivity contribution is 0.283. The molecule has 0 saturated carbocycles. The molecule has 0 heterocycles. The van der Waals surface area contributed by atoms with Crippen molar-refractivity contribution >= 4 is 11.6 Å². The first-order valence-electron chi connectivity index (χ1n) is 6.84. The van der Waals surface area contributed by atoms with Crippen LogP contribution in [0.5, 0.6) is 11.5 Å². The Kier molecular flexibility index (Phi) is 5.48. The third kappa shape index (κ3) is 3.90. The van der Waals surface area contributed by atoms with Crippen molar-refractivity contribution in [1.82, 2.24) is 5.32 Å². The minimum absolute atomic E-state index is 0.491. The van der Waals surface area contributed by atoms with Crippen molar-refractivity contribution in [2.45, 2.75) is 20.1 Å². The highest BCUT2D eigenvalue weighted by Crippen LogP contribution is 2.34. The van der Waals surface area contributed by atoms with Crippen LogP contribution < -0.4 is 14.8 Å². The van der Waals surface area contributed by atoms with E-state index in [0.717, 1.165) is 11.1 Å². The quantitative estimate of drug-likeness (QED) is 0.876. The van der Waals surface area contributed by atoms with E-state index in [9.17, 15) is 0 Å². The summed E-state index contributed by atoms with van der Waals surface area (Å²) in [6.45, 7) is 3.25. The van der Waals surface area contributed by atoms with Crippen LogP contribution in [0, 0.1) is 6.92 Å². The Morgan fingerprint density at radius 2 is 1.86 bits per heavy atom. The molecule has 0 saturated heterocycles. The van der Waals surface area contributed by atoms with Crippen molar-refractivity contribution in [3.05, 3.63) is 58.1 Å². The number of rotatable bonds is 6. The van der Waals surface area contributed by atoms with Crippen molar-refractivity contribution in [2.75, 3.05) is 14.2 Å². The molecule has 112 valence electrons. The van der Waals surface area contributed by atoms with Crippen molar-refractivity contribution in [2.24, 2.45) is 0 Å². The van der Waals surface area contributed by atoms with E-state index in [0.29, 0.717) is 29.7 Å². The topological polar surface area (TPSA) is 30.5 Å². The molecule has 0 aromatic heterocycles. The molecule has 0 aliphatic heterocycles. The van der Waals surface area contributed by atoms with E-state index in [4.69, 9.17) is 21.1 Å². The summed E-state index contributed by atoms with van der Waals surface area (Å²) in [7, 11) is 3.51. The molecule has 0 unspecified atom stereocenters. The third-order valence-electron chi connectivity index (χ3n) is 3.34. The average molecular weight is 306 g/mol. The van der Waals surface area contributed by atoms with Crippen molar-refractivity contribution in [3.63, 3.8) is 0 Å². The van der Waals surface area contributed by atoms with Gasteiger partial charge in [0, 0.05) is 17.6 Å². The van der Waals surface area contributed by atoms with Gasteiger partial charge in [0.2, 0.25) is 0 Å². The normalized spacial score (nSPS) is 10.5. The lowest BCUT2D eigenvalue weighted by Gasteiger charge is -2.14. The molecule has 0 fully saturated rings. The van der Waals surface area contributed by atoms with E-state index in [-0.39, 0.29) is 0 Å². The van der Waals surface area contributed by atoms with Crippen LogP contribution in [-0.4, -0.2) is 14.2 Å². The van der Waals surface area contributed by atoms with Gasteiger partial charge in [0.15, 0.2) is 11.5 Å². The van der Waals surface area contributed by atoms with Crippen LogP contribution in [0.3, 0.4) is 0 Å². The second-order valence-electron chi connectivity index (χ2n) is 4.84. The van der Waals surface area contributed by atoms with Crippen LogP contribution >= 0.6 is 11.6 Å². The maximum Gasteiger partial charge on any atom is 0.163 e. The number of ether oxygens (including phenoxy) is 2. The third-order valence-corrected chi connectivity index (χ3v) is 3.70. The zero-order chi connectivity index (χ0) is 15.2. The Morgan fingerprint density at radius 1 is 1.10 bits per heavy atom. The summed E-state index contributed by atoms with van der Waals surface area (Å²) >= 11 is 6.27. The number of benzene rings is 2. The second-order valence-corrected chi connectivity index (χ2v) is 5.25. The van der Waals surface area contributed by atoms with Gasteiger partial charge in [-0.05, 0) is 36.7 Å². The summed E-state index contributed by atoms with van der Waals surface area (Å²) in [5, 5.41) is 3.75. The highest BCUT2D eigenvalue weighted by atomic mass is 35.5. The van der Waals surface area contributed by atoms with Gasteiger partial charge < -0.3 is 14.8 Å². The Bertz CT molecular complexity index is 614. The minimum Gasteiger partial charge on any atom is -0.493 e. The van der Waals surface area contributed by atoms with Gasteiger partial charge in [0.1, 0.15) is 6.61 Å². The van der Waals surface area contributed by atoms with Crippen LogP contribution in [0.2, 0.25) is 5.02 Å². The van der Waals surface area contributed by atoms with Crippen molar-refractivity contribution < 1.29 is 9.47 Å². The fourth-order valence-electron chi connectivity index (χ4n) is 2.10. The van der Waals surface area contributed by atoms with Crippen LogP contribution in [0.25, 0.3) is 0 Å². The Hall–Kier alpha value is -1.71. The first-order chi connectivity index (χ1) is 10.2. The molecule has 0 radical (unpaired) electrons.